The van der Waals surface area contributed by atoms with Crippen molar-refractivity contribution in [3.05, 3.63) is 77.5 Å². The zero-order valence-electron chi connectivity index (χ0n) is 15.4. The second-order valence-electron chi connectivity index (χ2n) is 6.51. The van der Waals surface area contributed by atoms with Gasteiger partial charge in [-0.3, -0.25) is 4.79 Å². The van der Waals surface area contributed by atoms with Crippen molar-refractivity contribution in [1.82, 2.24) is 19.9 Å². The Labute approximate surface area is 172 Å². The van der Waals surface area contributed by atoms with E-state index < -0.39 is 15.7 Å². The highest BCUT2D eigenvalue weighted by molar-refractivity contribution is 7.91. The molecule has 4 aromatic rings. The Morgan fingerprint density at radius 1 is 1.21 bits per heavy atom. The quantitative estimate of drug-likeness (QED) is 0.509. The number of rotatable bonds is 5. The fourth-order valence-electron chi connectivity index (χ4n) is 3.11. The van der Waals surface area contributed by atoms with Crippen LogP contribution < -0.4 is 5.32 Å². The van der Waals surface area contributed by atoms with Gasteiger partial charge in [0, 0.05) is 29.2 Å². The van der Waals surface area contributed by atoms with Crippen LogP contribution in [0.5, 0.6) is 0 Å². The number of hydrogen-bond acceptors (Lipinski definition) is 4. The zero-order chi connectivity index (χ0) is 20.6. The molecule has 0 bridgehead atoms. The number of aryl methyl sites for hydroxylation is 1. The number of carbonyl (C=O) groups excluding carboxylic acids is 1. The summed E-state index contributed by atoms with van der Waals surface area (Å²) in [6.45, 7) is 0.205. The summed E-state index contributed by atoms with van der Waals surface area (Å²) in [6, 6.07) is 12.8. The van der Waals surface area contributed by atoms with Gasteiger partial charge in [-0.05, 0) is 30.3 Å². The minimum absolute atomic E-state index is 0.0340. The topological polar surface area (TPSA) is 96.8 Å². The van der Waals surface area contributed by atoms with Gasteiger partial charge in [-0.25, -0.2) is 13.4 Å². The fraction of sp³-hybridized carbons (Fsp3) is 0.100. The Kier molecular flexibility index (Phi) is 4.89. The average molecular weight is 429 g/mol. The summed E-state index contributed by atoms with van der Waals surface area (Å²) in [6.07, 6.45) is 3.25. The van der Waals surface area contributed by atoms with Crippen molar-refractivity contribution in [2.24, 2.45) is 7.05 Å². The lowest BCUT2D eigenvalue weighted by molar-refractivity contribution is 0.0942. The van der Waals surface area contributed by atoms with Gasteiger partial charge in [0.1, 0.15) is 10.6 Å². The molecule has 0 saturated heterocycles. The molecule has 0 spiro atoms. The lowest BCUT2D eigenvalue weighted by Crippen LogP contribution is -2.25. The van der Waals surface area contributed by atoms with Crippen molar-refractivity contribution in [2.75, 3.05) is 0 Å². The van der Waals surface area contributed by atoms with E-state index in [1.165, 1.54) is 12.1 Å². The summed E-state index contributed by atoms with van der Waals surface area (Å²) in [5.41, 5.74) is 1.26. The molecular formula is C20H17ClN4O3S. The zero-order valence-corrected chi connectivity index (χ0v) is 17.0. The van der Waals surface area contributed by atoms with Gasteiger partial charge in [-0.15, -0.1) is 0 Å². The molecule has 2 aromatic heterocycles. The van der Waals surface area contributed by atoms with Gasteiger partial charge >= 0.3 is 0 Å². The van der Waals surface area contributed by atoms with Crippen LogP contribution in [-0.2, 0) is 23.4 Å². The Balaban J connectivity index is 1.83. The number of aromatic amines is 1. The molecule has 0 fully saturated rings. The van der Waals surface area contributed by atoms with E-state index >= 15 is 0 Å². The number of imidazole rings is 1. The lowest BCUT2D eigenvalue weighted by atomic mass is 10.2. The number of halogens is 1. The first kappa shape index (κ1) is 19.2. The summed E-state index contributed by atoms with van der Waals surface area (Å²) < 4.78 is 28.5. The van der Waals surface area contributed by atoms with Crippen molar-refractivity contribution in [1.29, 1.82) is 0 Å². The van der Waals surface area contributed by atoms with E-state index in [-0.39, 0.29) is 22.0 Å². The molecule has 148 valence electrons. The van der Waals surface area contributed by atoms with Crippen molar-refractivity contribution in [3.8, 4) is 0 Å². The number of hydrogen-bond donors (Lipinski definition) is 2. The number of fused-ring (bicyclic) bond motifs is 1. The molecule has 4 rings (SSSR count). The molecule has 0 aliphatic carbocycles. The van der Waals surface area contributed by atoms with Crippen molar-refractivity contribution in [3.63, 3.8) is 0 Å². The molecule has 2 aromatic carbocycles. The van der Waals surface area contributed by atoms with Crippen LogP contribution in [0, 0.1) is 0 Å². The third-order valence-electron chi connectivity index (χ3n) is 4.61. The van der Waals surface area contributed by atoms with Crippen molar-refractivity contribution >= 4 is 38.2 Å². The van der Waals surface area contributed by atoms with Gasteiger partial charge in [0.15, 0.2) is 0 Å². The van der Waals surface area contributed by atoms with Crippen LogP contribution in [0.2, 0.25) is 5.02 Å². The van der Waals surface area contributed by atoms with Crippen LogP contribution in [0.1, 0.15) is 16.2 Å². The van der Waals surface area contributed by atoms with Crippen molar-refractivity contribution in [2.45, 2.75) is 16.3 Å². The summed E-state index contributed by atoms with van der Waals surface area (Å²) in [4.78, 5) is 19.9. The van der Waals surface area contributed by atoms with Crippen LogP contribution >= 0.6 is 11.6 Å². The number of nitrogens with one attached hydrogen (secondary N) is 2. The number of nitrogens with zero attached hydrogens (tertiary/aromatic N) is 2. The molecule has 1 amide bonds. The third-order valence-corrected chi connectivity index (χ3v) is 6.70. The van der Waals surface area contributed by atoms with Crippen LogP contribution in [0.25, 0.3) is 10.9 Å². The molecule has 2 N–H and O–H groups in total. The highest BCUT2D eigenvalue weighted by Gasteiger charge is 2.29. The Morgan fingerprint density at radius 3 is 2.66 bits per heavy atom. The average Bonchev–Trinajstić information content (AvgIpc) is 3.30. The smallest absolute Gasteiger partial charge is 0.269 e. The maximum absolute atomic E-state index is 13.4. The number of amides is 1. The first-order valence-corrected chi connectivity index (χ1v) is 10.6. The van der Waals surface area contributed by atoms with E-state index in [0.29, 0.717) is 15.9 Å². The molecule has 7 nitrogen and oxygen atoms in total. The first-order chi connectivity index (χ1) is 13.9. The SMILES string of the molecule is Cn1cncc1CNC(=O)c1[nH]c2ccc(Cl)cc2c1S(=O)(=O)c1ccccc1. The standard InChI is InChI=1S/C20H17ClN4O3S/c1-25-12-22-10-14(25)11-23-20(26)18-19(16-9-13(21)7-8-17(16)24-18)29(27,28)15-5-3-2-4-6-15/h2-10,12,24H,11H2,1H3,(H,23,26). The lowest BCUT2D eigenvalue weighted by Gasteiger charge is -2.08. The highest BCUT2D eigenvalue weighted by atomic mass is 35.5. The van der Waals surface area contributed by atoms with Gasteiger partial charge in [0.25, 0.3) is 5.91 Å². The van der Waals surface area contributed by atoms with Gasteiger partial charge in [-0.2, -0.15) is 0 Å². The highest BCUT2D eigenvalue weighted by Crippen LogP contribution is 2.33. The van der Waals surface area contributed by atoms with E-state index in [9.17, 15) is 13.2 Å². The minimum atomic E-state index is -3.96. The van der Waals surface area contributed by atoms with E-state index in [0.717, 1.165) is 5.69 Å². The molecule has 0 saturated carbocycles. The third kappa shape index (κ3) is 3.52. The monoisotopic (exact) mass is 428 g/mol. The second kappa shape index (κ2) is 7.38. The van der Waals surface area contributed by atoms with Crippen LogP contribution in [0.3, 0.4) is 0 Å². The molecule has 0 unspecified atom stereocenters. The molecule has 0 atom stereocenters. The maximum atomic E-state index is 13.4. The summed E-state index contributed by atoms with van der Waals surface area (Å²) >= 11 is 6.10. The number of benzene rings is 2. The Morgan fingerprint density at radius 2 is 1.97 bits per heavy atom. The van der Waals surface area contributed by atoms with Crippen LogP contribution in [0.4, 0.5) is 0 Å². The molecule has 2 heterocycles. The molecule has 0 aliphatic rings. The maximum Gasteiger partial charge on any atom is 0.269 e. The summed E-state index contributed by atoms with van der Waals surface area (Å²) in [7, 11) is -2.15. The molecule has 0 aliphatic heterocycles. The normalized spacial score (nSPS) is 11.7. The first-order valence-electron chi connectivity index (χ1n) is 8.72. The van der Waals surface area contributed by atoms with Gasteiger partial charge in [0.2, 0.25) is 9.84 Å². The van der Waals surface area contributed by atoms with E-state index in [1.54, 1.807) is 53.5 Å². The minimum Gasteiger partial charge on any atom is -0.349 e. The summed E-state index contributed by atoms with van der Waals surface area (Å²) in [5.74, 6) is -0.534. The fourth-order valence-corrected chi connectivity index (χ4v) is 4.90. The Hall–Kier alpha value is -3.10. The largest absolute Gasteiger partial charge is 0.349 e. The van der Waals surface area contributed by atoms with E-state index in [2.05, 4.69) is 15.3 Å². The molecule has 29 heavy (non-hydrogen) atoms. The summed E-state index contributed by atoms with van der Waals surface area (Å²) in [5, 5.41) is 3.50. The Bertz CT molecular complexity index is 1310. The molecule has 0 radical (unpaired) electrons. The second-order valence-corrected chi connectivity index (χ2v) is 8.84. The number of sulfone groups is 1. The predicted molar refractivity (Wildman–Crippen MR) is 110 cm³/mol. The van der Waals surface area contributed by atoms with Crippen molar-refractivity contribution < 1.29 is 13.2 Å². The van der Waals surface area contributed by atoms with E-state index in [4.69, 9.17) is 11.6 Å². The predicted octanol–water partition coefficient (Wildman–Crippen LogP) is 3.32. The number of carbonyl (C=O) groups is 1. The molecular weight excluding hydrogens is 412 g/mol. The number of H-pyrrole nitrogens is 1. The van der Waals surface area contributed by atoms with Gasteiger partial charge in [0.05, 0.1) is 23.5 Å². The van der Waals surface area contributed by atoms with Gasteiger partial charge in [-0.1, -0.05) is 29.8 Å². The van der Waals surface area contributed by atoms with Crippen LogP contribution in [-0.4, -0.2) is 28.9 Å². The van der Waals surface area contributed by atoms with Crippen LogP contribution in [0.15, 0.2) is 70.8 Å². The number of aromatic nitrogens is 3. The molecule has 9 heteroatoms. The van der Waals surface area contributed by atoms with Gasteiger partial charge < -0.3 is 14.9 Å². The van der Waals surface area contributed by atoms with E-state index in [1.807, 2.05) is 7.05 Å².